The molecule has 7 heteroatoms. The summed E-state index contributed by atoms with van der Waals surface area (Å²) in [6.45, 7) is 4.07. The van der Waals surface area contributed by atoms with E-state index in [1.165, 1.54) is 6.42 Å². The number of hydrogen-bond donors (Lipinski definition) is 1. The number of rotatable bonds is 5. The Labute approximate surface area is 152 Å². The van der Waals surface area contributed by atoms with Crippen molar-refractivity contribution in [3.05, 3.63) is 35.4 Å². The zero-order chi connectivity index (χ0) is 18.5. The van der Waals surface area contributed by atoms with Gasteiger partial charge < -0.3 is 10.2 Å². The molecule has 0 aliphatic carbocycles. The average molecular weight is 365 g/mol. The van der Waals surface area contributed by atoms with E-state index in [2.05, 4.69) is 10.2 Å². The van der Waals surface area contributed by atoms with Crippen molar-refractivity contribution in [1.29, 1.82) is 0 Å². The van der Waals surface area contributed by atoms with Crippen LogP contribution < -0.4 is 5.32 Å². The molecule has 2 saturated heterocycles. The van der Waals surface area contributed by atoms with Crippen LogP contribution in [0.1, 0.15) is 42.5 Å². The number of halogens is 2. The van der Waals surface area contributed by atoms with Crippen LogP contribution in [0.3, 0.4) is 0 Å². The van der Waals surface area contributed by atoms with E-state index in [0.717, 1.165) is 51.2 Å². The van der Waals surface area contributed by atoms with Gasteiger partial charge in [0.1, 0.15) is 11.6 Å². The van der Waals surface area contributed by atoms with Crippen LogP contribution in [0.4, 0.5) is 8.78 Å². The number of carbonyl (C=O) groups is 2. The van der Waals surface area contributed by atoms with Crippen LogP contribution in [0.2, 0.25) is 0 Å². The molecule has 2 heterocycles. The van der Waals surface area contributed by atoms with Gasteiger partial charge in [0.15, 0.2) is 0 Å². The maximum atomic E-state index is 13.6. The largest absolute Gasteiger partial charge is 0.352 e. The second-order valence-corrected chi connectivity index (χ2v) is 7.01. The summed E-state index contributed by atoms with van der Waals surface area (Å²) in [5, 5.41) is 2.59. The summed E-state index contributed by atoms with van der Waals surface area (Å²) in [6.07, 6.45) is 4.22. The lowest BCUT2D eigenvalue weighted by atomic mass is 10.2. The van der Waals surface area contributed by atoms with Gasteiger partial charge >= 0.3 is 0 Å². The van der Waals surface area contributed by atoms with Gasteiger partial charge in [-0.15, -0.1) is 0 Å². The van der Waals surface area contributed by atoms with E-state index in [1.807, 2.05) is 4.90 Å². The van der Waals surface area contributed by atoms with Gasteiger partial charge in [0.05, 0.1) is 5.56 Å². The highest BCUT2D eigenvalue weighted by Gasteiger charge is 2.30. The van der Waals surface area contributed by atoms with Gasteiger partial charge in [-0.2, -0.15) is 0 Å². The van der Waals surface area contributed by atoms with Gasteiger partial charge in [0, 0.05) is 44.7 Å². The summed E-state index contributed by atoms with van der Waals surface area (Å²) in [5.74, 6) is -2.08. The van der Waals surface area contributed by atoms with Crippen LogP contribution in [-0.2, 0) is 4.79 Å². The van der Waals surface area contributed by atoms with E-state index in [0.29, 0.717) is 24.9 Å². The van der Waals surface area contributed by atoms with E-state index < -0.39 is 17.5 Å². The first kappa shape index (κ1) is 18.8. The normalized spacial score (nSPS) is 20.5. The van der Waals surface area contributed by atoms with Crippen molar-refractivity contribution in [1.82, 2.24) is 15.1 Å². The molecule has 2 fully saturated rings. The fourth-order valence-electron chi connectivity index (χ4n) is 3.80. The first-order chi connectivity index (χ1) is 12.5. The summed E-state index contributed by atoms with van der Waals surface area (Å²) < 4.78 is 26.4. The average Bonchev–Trinajstić information content (AvgIpc) is 2.95. The highest BCUT2D eigenvalue weighted by molar-refractivity contribution is 5.94. The molecule has 0 aromatic heterocycles. The summed E-state index contributed by atoms with van der Waals surface area (Å²) in [5.41, 5.74) is -0.188. The molecule has 2 aliphatic rings. The molecule has 0 spiro atoms. The number of nitrogens with zero attached hydrogens (tertiary/aromatic N) is 2. The maximum absolute atomic E-state index is 13.6. The second-order valence-electron chi connectivity index (χ2n) is 7.01. The molecule has 0 bridgehead atoms. The summed E-state index contributed by atoms with van der Waals surface area (Å²) in [6, 6.07) is 3.34. The molecule has 26 heavy (non-hydrogen) atoms. The molecule has 142 valence electrons. The Hall–Kier alpha value is -2.02. The van der Waals surface area contributed by atoms with Gasteiger partial charge in [0.2, 0.25) is 5.91 Å². The quantitative estimate of drug-likeness (QED) is 0.814. The van der Waals surface area contributed by atoms with Crippen molar-refractivity contribution in [2.75, 3.05) is 32.7 Å². The lowest BCUT2D eigenvalue weighted by Crippen LogP contribution is -2.39. The Bertz CT molecular complexity index is 668. The monoisotopic (exact) mass is 365 g/mol. The minimum Gasteiger partial charge on any atom is -0.352 e. The standard InChI is InChI=1S/C19H25F2N3O2/c20-14-6-7-16(17(21)12-14)19(26)22-8-1-5-18(25)24-11-3-10-23-9-2-4-15(23)13-24/h6-7,12,15H,1-5,8-11,13H2,(H,22,26). The van der Waals surface area contributed by atoms with Crippen LogP contribution in [-0.4, -0.2) is 60.4 Å². The van der Waals surface area contributed by atoms with Crippen molar-refractivity contribution in [3.63, 3.8) is 0 Å². The maximum Gasteiger partial charge on any atom is 0.254 e. The van der Waals surface area contributed by atoms with Gasteiger partial charge in [-0.1, -0.05) is 0 Å². The fraction of sp³-hybridized carbons (Fsp3) is 0.579. The first-order valence-corrected chi connectivity index (χ1v) is 9.29. The van der Waals surface area contributed by atoms with E-state index in [-0.39, 0.29) is 18.0 Å². The highest BCUT2D eigenvalue weighted by Crippen LogP contribution is 2.21. The molecule has 1 aromatic carbocycles. The molecular weight excluding hydrogens is 340 g/mol. The van der Waals surface area contributed by atoms with E-state index in [1.54, 1.807) is 0 Å². The van der Waals surface area contributed by atoms with Crippen molar-refractivity contribution in [2.24, 2.45) is 0 Å². The molecule has 1 unspecified atom stereocenters. The second kappa shape index (κ2) is 8.58. The molecule has 1 atom stereocenters. The third-order valence-electron chi connectivity index (χ3n) is 5.19. The Balaban J connectivity index is 1.41. The predicted molar refractivity (Wildman–Crippen MR) is 93.7 cm³/mol. The van der Waals surface area contributed by atoms with Crippen LogP contribution >= 0.6 is 0 Å². The Morgan fingerprint density at radius 3 is 2.77 bits per heavy atom. The Morgan fingerprint density at radius 1 is 1.15 bits per heavy atom. The predicted octanol–water partition coefficient (Wildman–Crippen LogP) is 2.17. The highest BCUT2D eigenvalue weighted by atomic mass is 19.1. The van der Waals surface area contributed by atoms with Gasteiger partial charge in [-0.3, -0.25) is 14.5 Å². The van der Waals surface area contributed by atoms with Gasteiger partial charge in [-0.05, 0) is 44.4 Å². The molecule has 3 rings (SSSR count). The lowest BCUT2D eigenvalue weighted by Gasteiger charge is -2.25. The topological polar surface area (TPSA) is 52.7 Å². The minimum atomic E-state index is -0.885. The van der Waals surface area contributed by atoms with Crippen molar-refractivity contribution >= 4 is 11.8 Å². The van der Waals surface area contributed by atoms with Crippen LogP contribution in [0, 0.1) is 11.6 Å². The molecule has 0 radical (unpaired) electrons. The molecule has 0 saturated carbocycles. The van der Waals surface area contributed by atoms with Crippen LogP contribution in [0.25, 0.3) is 0 Å². The molecule has 1 aromatic rings. The van der Waals surface area contributed by atoms with E-state index >= 15 is 0 Å². The van der Waals surface area contributed by atoms with Crippen molar-refractivity contribution < 1.29 is 18.4 Å². The summed E-state index contributed by atoms with van der Waals surface area (Å²) >= 11 is 0. The summed E-state index contributed by atoms with van der Waals surface area (Å²) in [4.78, 5) is 28.8. The smallest absolute Gasteiger partial charge is 0.254 e. The Morgan fingerprint density at radius 2 is 1.96 bits per heavy atom. The fourth-order valence-corrected chi connectivity index (χ4v) is 3.80. The molecule has 2 aliphatic heterocycles. The van der Waals surface area contributed by atoms with Gasteiger partial charge in [-0.25, -0.2) is 8.78 Å². The van der Waals surface area contributed by atoms with Crippen molar-refractivity contribution in [3.8, 4) is 0 Å². The van der Waals surface area contributed by atoms with Crippen LogP contribution in [0.5, 0.6) is 0 Å². The molecular formula is C19H25F2N3O2. The minimum absolute atomic E-state index is 0.112. The number of nitrogens with one attached hydrogen (secondary N) is 1. The number of hydrogen-bond acceptors (Lipinski definition) is 3. The van der Waals surface area contributed by atoms with Gasteiger partial charge in [0.25, 0.3) is 5.91 Å². The van der Waals surface area contributed by atoms with Crippen molar-refractivity contribution in [2.45, 2.75) is 38.1 Å². The number of carbonyl (C=O) groups excluding carboxylic acids is 2. The third kappa shape index (κ3) is 4.58. The SMILES string of the molecule is O=C(NCCCC(=O)N1CCCN2CCCC2C1)c1ccc(F)cc1F. The van der Waals surface area contributed by atoms with E-state index in [4.69, 9.17) is 0 Å². The summed E-state index contributed by atoms with van der Waals surface area (Å²) in [7, 11) is 0. The van der Waals surface area contributed by atoms with Crippen LogP contribution in [0.15, 0.2) is 18.2 Å². The third-order valence-corrected chi connectivity index (χ3v) is 5.19. The molecule has 5 nitrogen and oxygen atoms in total. The number of amides is 2. The zero-order valence-electron chi connectivity index (χ0n) is 14.8. The Kier molecular flexibility index (Phi) is 6.19. The zero-order valence-corrected chi connectivity index (χ0v) is 14.8. The number of benzene rings is 1. The first-order valence-electron chi connectivity index (χ1n) is 9.29. The molecule has 2 amide bonds. The van der Waals surface area contributed by atoms with E-state index in [9.17, 15) is 18.4 Å². The molecule has 1 N–H and O–H groups in total. The number of fused-ring (bicyclic) bond motifs is 1. The lowest BCUT2D eigenvalue weighted by molar-refractivity contribution is -0.131.